The lowest BCUT2D eigenvalue weighted by Gasteiger charge is -2.56. The largest absolute Gasteiger partial charge is 0.496 e. The molecule has 1 spiro atoms. The van der Waals surface area contributed by atoms with Crippen LogP contribution in [0, 0.1) is 13.8 Å². The van der Waals surface area contributed by atoms with E-state index in [1.165, 1.54) is 77.4 Å². The monoisotopic (exact) mass is 1090 g/mol. The van der Waals surface area contributed by atoms with Gasteiger partial charge in [0.25, 0.3) is 0 Å². The van der Waals surface area contributed by atoms with E-state index >= 15 is 0 Å². The summed E-state index contributed by atoms with van der Waals surface area (Å²) in [5.74, 6) is 4.55. The van der Waals surface area contributed by atoms with Crippen LogP contribution in [0.4, 0.5) is 0 Å². The Kier molecular flexibility index (Phi) is 21.3. The van der Waals surface area contributed by atoms with Crippen molar-refractivity contribution in [3.05, 3.63) is 93.0 Å². The molecule has 77 heavy (non-hydrogen) atoms. The van der Waals surface area contributed by atoms with Crippen molar-refractivity contribution in [3.63, 3.8) is 0 Å². The minimum Gasteiger partial charge on any atom is -0.496 e. The van der Waals surface area contributed by atoms with E-state index in [1.807, 2.05) is 7.11 Å². The van der Waals surface area contributed by atoms with Gasteiger partial charge in [-0.25, -0.2) is 0 Å². The van der Waals surface area contributed by atoms with Crippen LogP contribution in [0.2, 0.25) is 0 Å². The van der Waals surface area contributed by atoms with Crippen LogP contribution in [0.5, 0.6) is 11.5 Å². The Morgan fingerprint density at radius 1 is 0.481 bits per heavy atom. The quantitative estimate of drug-likeness (QED) is 0.129. The molecule has 0 bridgehead atoms. The third-order valence-corrected chi connectivity index (χ3v) is 23.6. The number of rotatable bonds is 13. The van der Waals surface area contributed by atoms with Crippen LogP contribution in [-0.2, 0) is 14.3 Å². The van der Waals surface area contributed by atoms with Crippen LogP contribution in [0.1, 0.15) is 244 Å². The molecule has 3 saturated heterocycles. The Bertz CT molecular complexity index is 2580. The highest BCUT2D eigenvalue weighted by atomic mass is 31.1. The highest BCUT2D eigenvalue weighted by Crippen LogP contribution is 2.70. The number of carbonyl (C=O) groups is 1. The Morgan fingerprint density at radius 3 is 1.04 bits per heavy atom. The molecule has 3 aliphatic rings. The molecule has 3 aliphatic heterocycles. The van der Waals surface area contributed by atoms with Gasteiger partial charge in [0.2, 0.25) is 0 Å². The summed E-state index contributed by atoms with van der Waals surface area (Å²) in [5.41, 5.74) is 16.9. The van der Waals surface area contributed by atoms with Gasteiger partial charge in [0.1, 0.15) is 17.3 Å². The summed E-state index contributed by atoms with van der Waals surface area (Å²) in [6.07, 6.45) is 3.09. The maximum absolute atomic E-state index is 12.8. The molecule has 7 nitrogen and oxygen atoms in total. The topological polar surface area (TPSA) is 94.5 Å². The number of aliphatic hydroxyl groups is 2. The summed E-state index contributed by atoms with van der Waals surface area (Å²) < 4.78 is 25.0. The average Bonchev–Trinajstić information content (AvgIpc) is 3.75. The Hall–Kier alpha value is -3.15. The maximum Gasteiger partial charge on any atom is 0.170 e. The number of aryl methyl sites for hydroxylation is 2. The van der Waals surface area contributed by atoms with Crippen molar-refractivity contribution in [1.82, 2.24) is 0 Å². The highest BCUT2D eigenvalue weighted by Gasteiger charge is 2.58. The summed E-state index contributed by atoms with van der Waals surface area (Å²) in [5, 5.41) is 17.8. The molecule has 7 rings (SSSR count). The first-order valence-electron chi connectivity index (χ1n) is 29.0. The van der Waals surface area contributed by atoms with Crippen LogP contribution < -0.4 is 20.1 Å². The number of aliphatic hydroxyl groups excluding tert-OH is 2. The third-order valence-electron chi connectivity index (χ3n) is 16.3. The summed E-state index contributed by atoms with van der Waals surface area (Å²) in [6.45, 7) is 52.5. The molecule has 3 fully saturated rings. The van der Waals surface area contributed by atoms with Gasteiger partial charge in [0, 0.05) is 36.3 Å². The Morgan fingerprint density at radius 2 is 0.779 bits per heavy atom. The standard InChI is InChI=1S/C34H51O3P.C32H47O2P.C2H6O2/c1-21(2)25-17-26(22(3)4)30(27(18-25)23(5)6)29-24(7)13-14-28(35-12)31(29)38-32(8,9)19-34(20-33(38,10)11)36-15-16-37-34;1-19(2)23-15-25(20(3)4)29(26(16-23)21(5)6)28-22(7)13-14-27(34-12)30(28)35-31(8,9)17-24(33)18-32(35,10)11;3-1-2-4/h13-14,17-18,21-23H,15-16,19-20H2,1-12H3;13-16,19-21H,17-18H2,1-12H3;3-4H,1-2H2. The molecular weight excluding hydrogens is 991 g/mol. The van der Waals surface area contributed by atoms with Gasteiger partial charge in [-0.05, 0) is 149 Å². The highest BCUT2D eigenvalue weighted by molar-refractivity contribution is 7.69. The van der Waals surface area contributed by atoms with E-state index < -0.39 is 21.6 Å². The lowest BCUT2D eigenvalue weighted by atomic mass is 9.80. The lowest BCUT2D eigenvalue weighted by Crippen LogP contribution is -2.52. The Labute approximate surface area is 471 Å². The van der Waals surface area contributed by atoms with Crippen molar-refractivity contribution in [3.8, 4) is 33.8 Å². The molecule has 0 amide bonds. The first-order chi connectivity index (χ1) is 35.7. The van der Waals surface area contributed by atoms with E-state index in [0.29, 0.717) is 67.3 Å². The molecule has 3 heterocycles. The molecule has 0 aliphatic carbocycles. The zero-order valence-electron chi connectivity index (χ0n) is 52.6. The van der Waals surface area contributed by atoms with Gasteiger partial charge in [-0.2, -0.15) is 0 Å². The second-order valence-electron chi connectivity index (χ2n) is 26.9. The zero-order valence-corrected chi connectivity index (χ0v) is 54.4. The third kappa shape index (κ3) is 13.8. The number of hydrogen-bond acceptors (Lipinski definition) is 7. The van der Waals surface area contributed by atoms with E-state index in [0.717, 1.165) is 24.3 Å². The first-order valence-corrected chi connectivity index (χ1v) is 31.7. The molecular formula is C68H104O7P2. The second kappa shape index (κ2) is 25.3. The molecule has 0 radical (unpaired) electrons. The number of hydrogen-bond donors (Lipinski definition) is 2. The van der Waals surface area contributed by atoms with Crippen molar-refractivity contribution in [1.29, 1.82) is 0 Å². The minimum atomic E-state index is -0.696. The van der Waals surface area contributed by atoms with Gasteiger partial charge in [-0.1, -0.05) is 191 Å². The fraction of sp³-hybridized carbons (Fsp3) is 0.632. The zero-order chi connectivity index (χ0) is 58.1. The fourth-order valence-corrected chi connectivity index (χ4v) is 22.5. The SMILES string of the molecule is COc1ccc(C)c(-c2c(C(C)C)cc(C(C)C)cc2C(C)C)c1P1C(C)(C)CC(=O)CC1(C)C.COc1ccc(C)c(-c2c(C(C)C)cc(C(C)C)cc2C(C)C)c1P1C(C)(C)CC2(CC1(C)C)OCCO2.OCCO. The smallest absolute Gasteiger partial charge is 0.170 e. The van der Waals surface area contributed by atoms with Crippen LogP contribution in [0.3, 0.4) is 0 Å². The summed E-state index contributed by atoms with van der Waals surface area (Å²) in [7, 11) is 2.30. The fourth-order valence-electron chi connectivity index (χ4n) is 13.5. The van der Waals surface area contributed by atoms with Crippen molar-refractivity contribution < 1.29 is 34.0 Å². The van der Waals surface area contributed by atoms with Crippen molar-refractivity contribution in [2.24, 2.45) is 0 Å². The molecule has 9 heteroatoms. The van der Waals surface area contributed by atoms with E-state index in [1.54, 1.807) is 7.11 Å². The van der Waals surface area contributed by atoms with Crippen molar-refractivity contribution in [2.45, 2.75) is 240 Å². The number of Topliss-reactive ketones (excluding diaryl/α,β-unsaturated/α-hetero) is 1. The molecule has 0 saturated carbocycles. The molecule has 2 N–H and O–H groups in total. The van der Waals surface area contributed by atoms with Gasteiger partial charge in [-0.15, -0.1) is 0 Å². The van der Waals surface area contributed by atoms with Gasteiger partial charge in [0.05, 0.1) is 40.6 Å². The van der Waals surface area contributed by atoms with Gasteiger partial charge >= 0.3 is 0 Å². The minimum absolute atomic E-state index is 0.00507. The van der Waals surface area contributed by atoms with E-state index in [4.69, 9.17) is 29.2 Å². The molecule has 428 valence electrons. The van der Waals surface area contributed by atoms with E-state index in [2.05, 4.69) is 201 Å². The van der Waals surface area contributed by atoms with Gasteiger partial charge in [-0.3, -0.25) is 4.79 Å². The number of methoxy groups -OCH3 is 2. The number of ether oxygens (including phenoxy) is 4. The molecule has 0 aromatic heterocycles. The predicted octanol–water partition coefficient (Wildman–Crippen LogP) is 17.3. The predicted molar refractivity (Wildman–Crippen MR) is 333 cm³/mol. The van der Waals surface area contributed by atoms with E-state index in [-0.39, 0.29) is 33.8 Å². The maximum atomic E-state index is 12.8. The summed E-state index contributed by atoms with van der Waals surface area (Å²) in [4.78, 5) is 12.8. The van der Waals surface area contributed by atoms with Crippen LogP contribution in [0.15, 0.2) is 48.5 Å². The molecule has 0 unspecified atom stereocenters. The number of carbonyl (C=O) groups excluding carboxylic acids is 1. The Balaban J connectivity index is 0.000000266. The molecule has 4 aromatic carbocycles. The van der Waals surface area contributed by atoms with Crippen LogP contribution >= 0.6 is 15.8 Å². The molecule has 0 atom stereocenters. The van der Waals surface area contributed by atoms with Crippen LogP contribution in [-0.4, -0.2) is 83.1 Å². The van der Waals surface area contributed by atoms with Gasteiger partial charge < -0.3 is 29.2 Å². The number of ketones is 1. The normalized spacial score (nSPS) is 18.8. The summed E-state index contributed by atoms with van der Waals surface area (Å²) >= 11 is 0. The van der Waals surface area contributed by atoms with E-state index in [9.17, 15) is 4.79 Å². The van der Waals surface area contributed by atoms with Crippen LogP contribution in [0.25, 0.3) is 22.3 Å². The molecule has 4 aromatic rings. The first kappa shape index (κ1) is 64.7. The number of benzene rings is 4. The average molecular weight is 1100 g/mol. The lowest BCUT2D eigenvalue weighted by molar-refractivity contribution is -0.178. The summed E-state index contributed by atoms with van der Waals surface area (Å²) in [6, 6.07) is 18.7. The second-order valence-corrected chi connectivity index (χ2v) is 34.0. The van der Waals surface area contributed by atoms with Gasteiger partial charge in [0.15, 0.2) is 5.79 Å². The van der Waals surface area contributed by atoms with Crippen molar-refractivity contribution in [2.75, 3.05) is 40.6 Å². The van der Waals surface area contributed by atoms with Crippen molar-refractivity contribution >= 4 is 32.2 Å².